The summed E-state index contributed by atoms with van der Waals surface area (Å²) in [5.74, 6) is 0.949. The van der Waals surface area contributed by atoms with E-state index in [1.54, 1.807) is 24.0 Å². The molecule has 1 aromatic heterocycles. The Morgan fingerprint density at radius 3 is 3.00 bits per heavy atom. The number of amidine groups is 1. The molecule has 3 N–H and O–H groups in total. The Labute approximate surface area is 92.6 Å². The number of nitrogens with one attached hydrogen (secondary N) is 1. The average Bonchev–Trinajstić information content (AvgIpc) is 2.16. The summed E-state index contributed by atoms with van der Waals surface area (Å²) in [6, 6.07) is 1.65. The lowest BCUT2D eigenvalue weighted by molar-refractivity contribution is 1.08. The van der Waals surface area contributed by atoms with Crippen molar-refractivity contribution >= 4 is 29.2 Å². The van der Waals surface area contributed by atoms with E-state index in [1.807, 2.05) is 0 Å². The molecule has 0 aliphatic carbocycles. The van der Waals surface area contributed by atoms with Crippen LogP contribution >= 0.6 is 23.4 Å². The number of thioether (sulfide) groups is 1. The summed E-state index contributed by atoms with van der Waals surface area (Å²) in [6.07, 6.45) is 2.69. The molecule has 0 radical (unpaired) electrons. The quantitative estimate of drug-likeness (QED) is 0.474. The van der Waals surface area contributed by atoms with Gasteiger partial charge in [0.15, 0.2) is 0 Å². The first-order chi connectivity index (χ1) is 6.66. The normalized spacial score (nSPS) is 10.1. The first-order valence-electron chi connectivity index (χ1n) is 4.28. The smallest absolute Gasteiger partial charge is 0.124 e. The van der Waals surface area contributed by atoms with Crippen LogP contribution in [0.2, 0.25) is 5.02 Å². The second kappa shape index (κ2) is 5.22. The third-order valence-corrected chi connectivity index (χ3v) is 3.28. The molecule has 5 heteroatoms. The minimum Gasteiger partial charge on any atom is -0.384 e. The van der Waals surface area contributed by atoms with Crippen LogP contribution in [0.1, 0.15) is 18.9 Å². The van der Waals surface area contributed by atoms with Gasteiger partial charge in [0.25, 0.3) is 0 Å². The molecule has 0 bridgehead atoms. The van der Waals surface area contributed by atoms with Crippen LogP contribution in [0.4, 0.5) is 0 Å². The van der Waals surface area contributed by atoms with E-state index in [2.05, 4.69) is 11.9 Å². The maximum Gasteiger partial charge on any atom is 0.124 e. The Hall–Kier alpha value is -0.740. The van der Waals surface area contributed by atoms with E-state index < -0.39 is 0 Å². The number of hydrogen-bond acceptors (Lipinski definition) is 3. The van der Waals surface area contributed by atoms with Crippen molar-refractivity contribution in [1.82, 2.24) is 4.98 Å². The zero-order valence-electron chi connectivity index (χ0n) is 7.88. The summed E-state index contributed by atoms with van der Waals surface area (Å²) in [6.45, 7) is 2.09. The van der Waals surface area contributed by atoms with Crippen LogP contribution in [0, 0.1) is 5.41 Å². The second-order valence-corrected chi connectivity index (χ2v) is 4.20. The molecule has 76 valence electrons. The monoisotopic (exact) mass is 229 g/mol. The van der Waals surface area contributed by atoms with Gasteiger partial charge in [-0.1, -0.05) is 18.5 Å². The van der Waals surface area contributed by atoms with Crippen LogP contribution in [0.5, 0.6) is 0 Å². The van der Waals surface area contributed by atoms with Crippen LogP contribution in [-0.4, -0.2) is 16.6 Å². The molecule has 0 atom stereocenters. The number of nitrogens with two attached hydrogens (primary N) is 1. The van der Waals surface area contributed by atoms with Crippen molar-refractivity contribution in [2.45, 2.75) is 18.4 Å². The van der Waals surface area contributed by atoms with Gasteiger partial charge in [-0.05, 0) is 18.2 Å². The molecule has 3 nitrogen and oxygen atoms in total. The fourth-order valence-electron chi connectivity index (χ4n) is 0.932. The lowest BCUT2D eigenvalue weighted by Crippen LogP contribution is -2.12. The molecule has 0 amide bonds. The number of pyridine rings is 1. The van der Waals surface area contributed by atoms with E-state index in [1.165, 1.54) is 0 Å². The summed E-state index contributed by atoms with van der Waals surface area (Å²) < 4.78 is 0. The lowest BCUT2D eigenvalue weighted by Gasteiger charge is -2.05. The van der Waals surface area contributed by atoms with Gasteiger partial charge in [0.05, 0.1) is 5.02 Å². The topological polar surface area (TPSA) is 62.8 Å². The zero-order valence-corrected chi connectivity index (χ0v) is 9.45. The second-order valence-electron chi connectivity index (χ2n) is 2.74. The number of halogens is 1. The van der Waals surface area contributed by atoms with Gasteiger partial charge >= 0.3 is 0 Å². The Bertz CT molecular complexity index is 341. The molecule has 0 aliphatic rings. The number of nitrogens with zero attached hydrogens (tertiary/aromatic N) is 1. The van der Waals surface area contributed by atoms with Crippen LogP contribution in [0.3, 0.4) is 0 Å². The minimum absolute atomic E-state index is 0.0178. The molecule has 0 aliphatic heterocycles. The maximum atomic E-state index is 7.31. The van der Waals surface area contributed by atoms with E-state index in [-0.39, 0.29) is 5.84 Å². The highest BCUT2D eigenvalue weighted by molar-refractivity contribution is 7.99. The molecule has 1 heterocycles. The van der Waals surface area contributed by atoms with Crippen LogP contribution in [0.25, 0.3) is 0 Å². The van der Waals surface area contributed by atoms with Crippen molar-refractivity contribution in [3.8, 4) is 0 Å². The molecular formula is C9H12ClN3S. The van der Waals surface area contributed by atoms with Gasteiger partial charge in [0.1, 0.15) is 10.9 Å². The Morgan fingerprint density at radius 2 is 2.43 bits per heavy atom. The van der Waals surface area contributed by atoms with Crippen molar-refractivity contribution in [3.05, 3.63) is 22.8 Å². The van der Waals surface area contributed by atoms with Gasteiger partial charge < -0.3 is 5.73 Å². The van der Waals surface area contributed by atoms with E-state index in [4.69, 9.17) is 22.7 Å². The first-order valence-corrected chi connectivity index (χ1v) is 5.64. The van der Waals surface area contributed by atoms with Crippen molar-refractivity contribution in [2.75, 3.05) is 5.75 Å². The molecule has 0 saturated carbocycles. The van der Waals surface area contributed by atoms with E-state index >= 15 is 0 Å². The molecule has 1 rings (SSSR count). The van der Waals surface area contributed by atoms with Crippen molar-refractivity contribution < 1.29 is 0 Å². The number of rotatable bonds is 4. The van der Waals surface area contributed by atoms with Crippen LogP contribution < -0.4 is 5.73 Å². The fourth-order valence-corrected chi connectivity index (χ4v) is 2.08. The fraction of sp³-hybridized carbons (Fsp3) is 0.333. The number of hydrogen-bond donors (Lipinski definition) is 2. The van der Waals surface area contributed by atoms with Gasteiger partial charge in [-0.15, -0.1) is 11.8 Å². The first kappa shape index (κ1) is 11.3. The molecule has 0 unspecified atom stereocenters. The summed E-state index contributed by atoms with van der Waals surface area (Å²) in [4.78, 5) is 4.14. The van der Waals surface area contributed by atoms with Crippen LogP contribution in [-0.2, 0) is 0 Å². The molecule has 14 heavy (non-hydrogen) atoms. The van der Waals surface area contributed by atoms with Gasteiger partial charge in [-0.3, -0.25) is 5.41 Å². The highest BCUT2D eigenvalue weighted by atomic mass is 35.5. The molecule has 0 aromatic carbocycles. The molecule has 0 fully saturated rings. The van der Waals surface area contributed by atoms with Gasteiger partial charge in [-0.25, -0.2) is 4.98 Å². The highest BCUT2D eigenvalue weighted by Gasteiger charge is 2.09. The lowest BCUT2D eigenvalue weighted by atomic mass is 10.2. The van der Waals surface area contributed by atoms with E-state index in [0.717, 1.165) is 17.2 Å². The largest absolute Gasteiger partial charge is 0.384 e. The Kier molecular flexibility index (Phi) is 4.22. The summed E-state index contributed by atoms with van der Waals surface area (Å²) in [5.41, 5.74) is 5.93. The predicted molar refractivity (Wildman–Crippen MR) is 61.3 cm³/mol. The van der Waals surface area contributed by atoms with Crippen molar-refractivity contribution in [1.29, 1.82) is 5.41 Å². The molecular weight excluding hydrogens is 218 g/mol. The third kappa shape index (κ3) is 2.62. The third-order valence-electron chi connectivity index (χ3n) is 1.59. The van der Waals surface area contributed by atoms with Crippen molar-refractivity contribution in [3.63, 3.8) is 0 Å². The number of aromatic nitrogens is 1. The summed E-state index contributed by atoms with van der Waals surface area (Å²) in [7, 11) is 0. The SMILES string of the molecule is CCCSc1nccc(C(=N)N)c1Cl. The molecule has 0 saturated heterocycles. The van der Waals surface area contributed by atoms with E-state index in [0.29, 0.717) is 10.6 Å². The predicted octanol–water partition coefficient (Wildman–Crippen LogP) is 2.52. The average molecular weight is 230 g/mol. The van der Waals surface area contributed by atoms with Gasteiger partial charge in [0, 0.05) is 11.8 Å². The summed E-state index contributed by atoms with van der Waals surface area (Å²) >= 11 is 7.62. The molecule has 0 spiro atoms. The summed E-state index contributed by atoms with van der Waals surface area (Å²) in [5, 5.41) is 8.54. The van der Waals surface area contributed by atoms with E-state index in [9.17, 15) is 0 Å². The zero-order chi connectivity index (χ0) is 10.6. The van der Waals surface area contributed by atoms with Gasteiger partial charge in [0.2, 0.25) is 0 Å². The Morgan fingerprint density at radius 1 is 1.71 bits per heavy atom. The highest BCUT2D eigenvalue weighted by Crippen LogP contribution is 2.27. The number of nitrogen functional groups attached to an aromatic ring is 1. The van der Waals surface area contributed by atoms with Gasteiger partial charge in [-0.2, -0.15) is 0 Å². The molecule has 1 aromatic rings. The standard InChI is InChI=1S/C9H12ClN3S/c1-2-5-14-9-7(10)6(8(11)12)3-4-13-9/h3-4H,2,5H2,1H3,(H3,11,12). The van der Waals surface area contributed by atoms with Crippen molar-refractivity contribution in [2.24, 2.45) is 5.73 Å². The van der Waals surface area contributed by atoms with Crippen LogP contribution in [0.15, 0.2) is 17.3 Å². The maximum absolute atomic E-state index is 7.31. The Balaban J connectivity index is 2.95. The minimum atomic E-state index is -0.0178.